The van der Waals surface area contributed by atoms with Crippen molar-refractivity contribution in [2.45, 2.75) is 19.1 Å². The molecular weight excluding hydrogens is 180 g/mol. The summed E-state index contributed by atoms with van der Waals surface area (Å²) in [6.07, 6.45) is 4.64. The van der Waals surface area contributed by atoms with Crippen molar-refractivity contribution in [1.29, 1.82) is 0 Å². The van der Waals surface area contributed by atoms with E-state index in [1.165, 1.54) is 19.1 Å². The summed E-state index contributed by atoms with van der Waals surface area (Å²) in [6.45, 7) is 1.24. The lowest BCUT2D eigenvalue weighted by Gasteiger charge is -2.24. The van der Waals surface area contributed by atoms with Crippen molar-refractivity contribution in [3.63, 3.8) is 0 Å². The van der Waals surface area contributed by atoms with Crippen LogP contribution >= 0.6 is 11.6 Å². The number of hydrogen-bond acceptors (Lipinski definition) is 3. The van der Waals surface area contributed by atoms with E-state index in [9.17, 15) is 9.90 Å². The molecule has 1 rings (SSSR count). The Bertz CT molecular complexity index is 257. The van der Waals surface area contributed by atoms with Crippen LogP contribution in [-0.2, 0) is 9.53 Å². The number of hydrogen-bond donors (Lipinski definition) is 1. The lowest BCUT2D eigenvalue weighted by molar-refractivity contribution is -0.187. The van der Waals surface area contributed by atoms with Gasteiger partial charge in [0.15, 0.2) is 0 Å². The summed E-state index contributed by atoms with van der Waals surface area (Å²) in [7, 11) is 0. The average Bonchev–Trinajstić information content (AvgIpc) is 1.94. The first-order chi connectivity index (χ1) is 5.52. The van der Waals surface area contributed by atoms with Gasteiger partial charge in [-0.2, -0.15) is 0 Å². The van der Waals surface area contributed by atoms with Gasteiger partial charge in [0.05, 0.1) is 0 Å². The lowest BCUT2D eigenvalue weighted by Crippen LogP contribution is -2.32. The normalized spacial score (nSPS) is 28.1. The molecule has 0 radical (unpaired) electrons. The minimum absolute atomic E-state index is 0.196. The molecule has 0 fully saturated rings. The molecule has 0 aromatic heterocycles. The molecule has 0 aromatic carbocycles. The zero-order chi connectivity index (χ0) is 9.19. The quantitative estimate of drug-likeness (QED) is 0.499. The van der Waals surface area contributed by atoms with Crippen molar-refractivity contribution in [1.82, 2.24) is 0 Å². The molecule has 66 valence electrons. The zero-order valence-electron chi connectivity index (χ0n) is 6.58. The monoisotopic (exact) mass is 188 g/mol. The number of aliphatic hydroxyl groups is 1. The molecule has 1 aliphatic carbocycles. The minimum Gasteiger partial charge on any atom is -0.429 e. The van der Waals surface area contributed by atoms with Gasteiger partial charge in [-0.3, -0.25) is 4.79 Å². The van der Waals surface area contributed by atoms with Crippen LogP contribution in [0.1, 0.15) is 13.3 Å². The van der Waals surface area contributed by atoms with E-state index in [0.29, 0.717) is 5.03 Å². The molecule has 12 heavy (non-hydrogen) atoms. The molecule has 1 aliphatic rings. The number of rotatable bonds is 1. The van der Waals surface area contributed by atoms with E-state index in [0.717, 1.165) is 0 Å². The third-order valence-electron chi connectivity index (χ3n) is 1.41. The molecule has 0 heterocycles. The fourth-order valence-corrected chi connectivity index (χ4v) is 1.05. The van der Waals surface area contributed by atoms with Crippen LogP contribution < -0.4 is 0 Å². The summed E-state index contributed by atoms with van der Waals surface area (Å²) >= 11 is 5.60. The molecule has 0 amide bonds. The Labute approximate surface area is 75.3 Å². The van der Waals surface area contributed by atoms with Gasteiger partial charge in [-0.05, 0) is 12.2 Å². The summed E-state index contributed by atoms with van der Waals surface area (Å²) in [4.78, 5) is 10.5. The first-order valence-electron chi connectivity index (χ1n) is 3.49. The number of allylic oxidation sites excluding steroid dienone is 2. The van der Waals surface area contributed by atoms with E-state index in [4.69, 9.17) is 11.6 Å². The highest BCUT2D eigenvalue weighted by Crippen LogP contribution is 2.23. The Kier molecular flexibility index (Phi) is 2.55. The summed E-state index contributed by atoms with van der Waals surface area (Å²) in [5, 5.41) is 10.1. The fraction of sp³-hybridized carbons (Fsp3) is 0.375. The van der Waals surface area contributed by atoms with Gasteiger partial charge in [-0.1, -0.05) is 17.7 Å². The fourth-order valence-electron chi connectivity index (χ4n) is 0.914. The molecule has 4 heteroatoms. The third kappa shape index (κ3) is 2.36. The lowest BCUT2D eigenvalue weighted by atomic mass is 10.1. The van der Waals surface area contributed by atoms with Gasteiger partial charge >= 0.3 is 5.97 Å². The molecule has 0 unspecified atom stereocenters. The summed E-state index contributed by atoms with van der Waals surface area (Å²) in [5.74, 6) is -2.03. The zero-order valence-corrected chi connectivity index (χ0v) is 7.34. The number of ether oxygens (including phenoxy) is 1. The highest BCUT2D eigenvalue weighted by Gasteiger charge is 2.27. The van der Waals surface area contributed by atoms with Crippen LogP contribution in [0.3, 0.4) is 0 Å². The Hall–Kier alpha value is -0.800. The molecule has 0 aliphatic heterocycles. The molecule has 0 aromatic rings. The molecule has 1 N–H and O–H groups in total. The number of halogens is 1. The van der Waals surface area contributed by atoms with Crippen molar-refractivity contribution in [3.8, 4) is 0 Å². The van der Waals surface area contributed by atoms with Crippen LogP contribution in [0.2, 0.25) is 0 Å². The van der Waals surface area contributed by atoms with Gasteiger partial charge in [0, 0.05) is 18.4 Å². The van der Waals surface area contributed by atoms with Gasteiger partial charge in [0.2, 0.25) is 5.79 Å². The SMILES string of the molecule is CC(=O)O[C@@]1(O)C=CC(Cl)=CC1. The number of carbonyl (C=O) groups excluding carboxylic acids is 1. The van der Waals surface area contributed by atoms with Crippen molar-refractivity contribution >= 4 is 17.6 Å². The second-order valence-electron chi connectivity index (χ2n) is 2.56. The van der Waals surface area contributed by atoms with E-state index < -0.39 is 11.8 Å². The second-order valence-corrected chi connectivity index (χ2v) is 3.00. The smallest absolute Gasteiger partial charge is 0.305 e. The van der Waals surface area contributed by atoms with Gasteiger partial charge in [0.1, 0.15) is 0 Å². The average molecular weight is 189 g/mol. The first-order valence-corrected chi connectivity index (χ1v) is 3.86. The van der Waals surface area contributed by atoms with Gasteiger partial charge in [-0.25, -0.2) is 0 Å². The van der Waals surface area contributed by atoms with Crippen LogP contribution in [0.15, 0.2) is 23.3 Å². The van der Waals surface area contributed by atoms with Crippen molar-refractivity contribution in [2.24, 2.45) is 0 Å². The Morgan fingerprint density at radius 2 is 2.50 bits per heavy atom. The molecular formula is C8H9ClO3. The van der Waals surface area contributed by atoms with E-state index in [2.05, 4.69) is 4.74 Å². The predicted octanol–water partition coefficient (Wildman–Crippen LogP) is 1.32. The molecule has 0 bridgehead atoms. The highest BCUT2D eigenvalue weighted by atomic mass is 35.5. The van der Waals surface area contributed by atoms with E-state index in [1.807, 2.05) is 0 Å². The van der Waals surface area contributed by atoms with Gasteiger partial charge in [0.25, 0.3) is 0 Å². The van der Waals surface area contributed by atoms with Gasteiger partial charge in [-0.15, -0.1) is 0 Å². The summed E-state index contributed by atoms with van der Waals surface area (Å²) in [5.41, 5.74) is 0. The van der Waals surface area contributed by atoms with Crippen molar-refractivity contribution < 1.29 is 14.6 Å². The Morgan fingerprint density at radius 1 is 1.83 bits per heavy atom. The van der Waals surface area contributed by atoms with Crippen molar-refractivity contribution in [2.75, 3.05) is 0 Å². The number of esters is 1. The van der Waals surface area contributed by atoms with Crippen LogP contribution in [-0.4, -0.2) is 16.9 Å². The standard InChI is InChI=1S/C8H9ClO3/c1-6(10)12-8(11)4-2-7(9)3-5-8/h2-4,11H,5H2,1H3/t8-/m0/s1. The maximum atomic E-state index is 10.5. The highest BCUT2D eigenvalue weighted by molar-refractivity contribution is 6.31. The summed E-state index contributed by atoms with van der Waals surface area (Å²) < 4.78 is 4.65. The molecule has 0 saturated heterocycles. The second kappa shape index (κ2) is 3.29. The van der Waals surface area contributed by atoms with Crippen LogP contribution in [0.4, 0.5) is 0 Å². The number of carbonyl (C=O) groups is 1. The molecule has 0 spiro atoms. The first kappa shape index (κ1) is 9.29. The van der Waals surface area contributed by atoms with E-state index in [-0.39, 0.29) is 6.42 Å². The van der Waals surface area contributed by atoms with Crippen LogP contribution in [0.5, 0.6) is 0 Å². The third-order valence-corrected chi connectivity index (χ3v) is 1.69. The largest absolute Gasteiger partial charge is 0.429 e. The Morgan fingerprint density at radius 3 is 2.92 bits per heavy atom. The molecule has 3 nitrogen and oxygen atoms in total. The van der Waals surface area contributed by atoms with Crippen LogP contribution in [0.25, 0.3) is 0 Å². The summed E-state index contributed by atoms with van der Waals surface area (Å²) in [6, 6.07) is 0. The van der Waals surface area contributed by atoms with E-state index in [1.54, 1.807) is 6.08 Å². The molecule has 0 saturated carbocycles. The van der Waals surface area contributed by atoms with Crippen molar-refractivity contribution in [3.05, 3.63) is 23.3 Å². The molecule has 1 atom stereocenters. The predicted molar refractivity (Wildman–Crippen MR) is 44.4 cm³/mol. The Balaban J connectivity index is 2.65. The minimum atomic E-state index is -1.51. The van der Waals surface area contributed by atoms with Gasteiger partial charge < -0.3 is 9.84 Å². The topological polar surface area (TPSA) is 46.5 Å². The maximum Gasteiger partial charge on any atom is 0.305 e. The van der Waals surface area contributed by atoms with E-state index >= 15 is 0 Å². The maximum absolute atomic E-state index is 10.5. The van der Waals surface area contributed by atoms with Crippen LogP contribution in [0, 0.1) is 0 Å².